The molecule has 0 bridgehead atoms. The van der Waals surface area contributed by atoms with Crippen LogP contribution in [0.15, 0.2) is 53.5 Å². The van der Waals surface area contributed by atoms with E-state index in [-0.39, 0.29) is 0 Å². The Kier molecular flexibility index (Phi) is 2.41. The van der Waals surface area contributed by atoms with Crippen molar-refractivity contribution in [1.29, 1.82) is 0 Å². The van der Waals surface area contributed by atoms with Gasteiger partial charge in [-0.1, -0.05) is 42.5 Å². The molecule has 2 aliphatic heterocycles. The van der Waals surface area contributed by atoms with Gasteiger partial charge in [-0.3, -0.25) is 0 Å². The summed E-state index contributed by atoms with van der Waals surface area (Å²) in [6, 6.07) is 17.8. The van der Waals surface area contributed by atoms with Gasteiger partial charge in [0.2, 0.25) is 0 Å². The third-order valence-electron chi connectivity index (χ3n) is 4.20. The second-order valence-corrected chi connectivity index (χ2v) is 5.28. The molecule has 94 valence electrons. The Hall–Kier alpha value is -2.09. The maximum atomic E-state index is 4.64. The zero-order valence-corrected chi connectivity index (χ0v) is 10.8. The molecule has 0 spiro atoms. The molecule has 2 heterocycles. The maximum Gasteiger partial charge on any atom is 0.0917 e. The largest absolute Gasteiger partial charge is 0.355 e. The van der Waals surface area contributed by atoms with Crippen molar-refractivity contribution in [3.05, 3.63) is 65.2 Å². The van der Waals surface area contributed by atoms with Gasteiger partial charge in [0, 0.05) is 6.54 Å². The minimum absolute atomic E-state index is 0.442. The fourth-order valence-electron chi connectivity index (χ4n) is 3.19. The first-order valence-corrected chi connectivity index (χ1v) is 6.87. The van der Waals surface area contributed by atoms with Crippen LogP contribution in [0.25, 0.3) is 0 Å². The van der Waals surface area contributed by atoms with Crippen LogP contribution in [-0.4, -0.2) is 17.8 Å². The lowest BCUT2D eigenvalue weighted by atomic mass is 9.89. The summed E-state index contributed by atoms with van der Waals surface area (Å²) in [5.74, 6) is 0. The first-order chi connectivity index (χ1) is 9.42. The van der Waals surface area contributed by atoms with Crippen molar-refractivity contribution < 1.29 is 0 Å². The van der Waals surface area contributed by atoms with Gasteiger partial charge in [-0.25, -0.2) is 4.99 Å². The lowest BCUT2D eigenvalue weighted by molar-refractivity contribution is 0.308. The Bertz CT molecular complexity index is 645. The van der Waals surface area contributed by atoms with E-state index >= 15 is 0 Å². The lowest BCUT2D eigenvalue weighted by Gasteiger charge is -2.35. The fraction of sp³-hybridized carbons (Fsp3) is 0.235. The SMILES string of the molecule is C1=Nc2ccccc2CC2c3ccccc3CCN12. The molecule has 0 fully saturated rings. The van der Waals surface area contributed by atoms with E-state index in [4.69, 9.17) is 0 Å². The van der Waals surface area contributed by atoms with Crippen LogP contribution in [0.4, 0.5) is 5.69 Å². The molecule has 0 N–H and O–H groups in total. The minimum atomic E-state index is 0.442. The minimum Gasteiger partial charge on any atom is -0.355 e. The Balaban J connectivity index is 1.82. The molecule has 1 unspecified atom stereocenters. The predicted molar refractivity (Wildman–Crippen MR) is 77.9 cm³/mol. The molecule has 0 amide bonds. The maximum absolute atomic E-state index is 4.64. The number of para-hydroxylation sites is 1. The first kappa shape index (κ1) is 10.8. The topological polar surface area (TPSA) is 15.6 Å². The van der Waals surface area contributed by atoms with Crippen molar-refractivity contribution in [2.24, 2.45) is 4.99 Å². The second-order valence-electron chi connectivity index (χ2n) is 5.28. The van der Waals surface area contributed by atoms with Gasteiger partial charge in [-0.15, -0.1) is 0 Å². The first-order valence-electron chi connectivity index (χ1n) is 6.87. The highest BCUT2D eigenvalue weighted by Crippen LogP contribution is 2.35. The van der Waals surface area contributed by atoms with Crippen LogP contribution < -0.4 is 0 Å². The molecule has 0 saturated carbocycles. The van der Waals surface area contributed by atoms with Crippen LogP contribution in [0.3, 0.4) is 0 Å². The molecule has 2 aromatic carbocycles. The zero-order valence-electron chi connectivity index (χ0n) is 10.8. The van der Waals surface area contributed by atoms with Crippen molar-refractivity contribution in [3.63, 3.8) is 0 Å². The third kappa shape index (κ3) is 1.75. The molecule has 2 heteroatoms. The van der Waals surface area contributed by atoms with Crippen molar-refractivity contribution in [2.75, 3.05) is 6.54 Å². The fourth-order valence-corrected chi connectivity index (χ4v) is 3.19. The van der Waals surface area contributed by atoms with Gasteiger partial charge in [0.05, 0.1) is 18.1 Å². The number of benzene rings is 2. The summed E-state index contributed by atoms with van der Waals surface area (Å²) in [5, 5.41) is 0. The number of rotatable bonds is 0. The highest BCUT2D eigenvalue weighted by molar-refractivity contribution is 5.66. The quantitative estimate of drug-likeness (QED) is 0.696. The summed E-state index contributed by atoms with van der Waals surface area (Å²) in [4.78, 5) is 7.04. The number of hydrogen-bond acceptors (Lipinski definition) is 2. The average Bonchev–Trinajstić information content (AvgIpc) is 2.66. The molecule has 0 aromatic heterocycles. The van der Waals surface area contributed by atoms with Gasteiger partial charge in [0.15, 0.2) is 0 Å². The average molecular weight is 248 g/mol. The van der Waals surface area contributed by atoms with Crippen molar-refractivity contribution >= 4 is 12.0 Å². The zero-order chi connectivity index (χ0) is 12.7. The number of nitrogens with zero attached hydrogens (tertiary/aromatic N) is 2. The van der Waals surface area contributed by atoms with Crippen molar-refractivity contribution in [3.8, 4) is 0 Å². The van der Waals surface area contributed by atoms with E-state index < -0.39 is 0 Å². The van der Waals surface area contributed by atoms with Gasteiger partial charge in [-0.2, -0.15) is 0 Å². The molecule has 2 aliphatic rings. The van der Waals surface area contributed by atoms with Crippen LogP contribution >= 0.6 is 0 Å². The monoisotopic (exact) mass is 248 g/mol. The Morgan fingerprint density at radius 2 is 1.74 bits per heavy atom. The van der Waals surface area contributed by atoms with E-state index in [1.54, 1.807) is 0 Å². The summed E-state index contributed by atoms with van der Waals surface area (Å²) in [6.45, 7) is 1.07. The third-order valence-corrected chi connectivity index (χ3v) is 4.20. The molecule has 2 aromatic rings. The molecular weight excluding hydrogens is 232 g/mol. The molecule has 19 heavy (non-hydrogen) atoms. The standard InChI is InChI=1S/C17H16N2/c1-3-7-15-13(5-1)9-10-19-12-18-16-8-4-2-6-14(16)11-17(15)19/h1-8,12,17H,9-11H2. The smallest absolute Gasteiger partial charge is 0.0917 e. The highest BCUT2D eigenvalue weighted by atomic mass is 15.2. The van der Waals surface area contributed by atoms with E-state index in [2.05, 4.69) is 58.4 Å². The van der Waals surface area contributed by atoms with Crippen molar-refractivity contribution in [2.45, 2.75) is 18.9 Å². The summed E-state index contributed by atoms with van der Waals surface area (Å²) in [6.07, 6.45) is 4.20. The van der Waals surface area contributed by atoms with E-state index in [1.165, 1.54) is 16.7 Å². The molecular formula is C17H16N2. The second kappa shape index (κ2) is 4.23. The molecule has 1 atom stereocenters. The summed E-state index contributed by atoms with van der Waals surface area (Å²) < 4.78 is 0. The van der Waals surface area contributed by atoms with E-state index in [0.29, 0.717) is 6.04 Å². The molecule has 0 aliphatic carbocycles. The summed E-state index contributed by atoms with van der Waals surface area (Å²) in [5.41, 5.74) is 5.44. The Morgan fingerprint density at radius 3 is 2.68 bits per heavy atom. The molecule has 4 rings (SSSR count). The summed E-state index contributed by atoms with van der Waals surface area (Å²) in [7, 11) is 0. The van der Waals surface area contributed by atoms with Gasteiger partial charge in [0.25, 0.3) is 0 Å². The van der Waals surface area contributed by atoms with E-state index in [9.17, 15) is 0 Å². The number of fused-ring (bicyclic) bond motifs is 4. The van der Waals surface area contributed by atoms with Crippen LogP contribution in [0.2, 0.25) is 0 Å². The van der Waals surface area contributed by atoms with Crippen LogP contribution in [-0.2, 0) is 12.8 Å². The molecule has 0 radical (unpaired) electrons. The predicted octanol–water partition coefficient (Wildman–Crippen LogP) is 3.50. The highest BCUT2D eigenvalue weighted by Gasteiger charge is 2.27. The van der Waals surface area contributed by atoms with E-state index in [1.807, 2.05) is 6.34 Å². The van der Waals surface area contributed by atoms with E-state index in [0.717, 1.165) is 25.1 Å². The van der Waals surface area contributed by atoms with Crippen molar-refractivity contribution in [1.82, 2.24) is 4.90 Å². The Morgan fingerprint density at radius 1 is 0.947 bits per heavy atom. The van der Waals surface area contributed by atoms with Crippen LogP contribution in [0.5, 0.6) is 0 Å². The Labute approximate surface area is 113 Å². The molecule has 0 saturated heterocycles. The van der Waals surface area contributed by atoms with Gasteiger partial charge < -0.3 is 4.90 Å². The van der Waals surface area contributed by atoms with Gasteiger partial charge in [-0.05, 0) is 35.6 Å². The number of hydrogen-bond donors (Lipinski definition) is 0. The summed E-state index contributed by atoms with van der Waals surface area (Å²) >= 11 is 0. The lowest BCUT2D eigenvalue weighted by Crippen LogP contribution is -2.34. The van der Waals surface area contributed by atoms with Crippen LogP contribution in [0, 0.1) is 0 Å². The van der Waals surface area contributed by atoms with Gasteiger partial charge in [0.1, 0.15) is 0 Å². The van der Waals surface area contributed by atoms with Crippen LogP contribution in [0.1, 0.15) is 22.7 Å². The normalized spacial score (nSPS) is 20.2. The molecule has 2 nitrogen and oxygen atoms in total. The van der Waals surface area contributed by atoms with Gasteiger partial charge >= 0.3 is 0 Å². The number of aliphatic imine (C=N–C) groups is 1.